The van der Waals surface area contributed by atoms with Crippen molar-refractivity contribution in [2.24, 2.45) is 5.92 Å². The van der Waals surface area contributed by atoms with E-state index in [-0.39, 0.29) is 5.92 Å². The van der Waals surface area contributed by atoms with E-state index in [4.69, 9.17) is 0 Å². The van der Waals surface area contributed by atoms with Gasteiger partial charge in [-0.3, -0.25) is 4.79 Å². The van der Waals surface area contributed by atoms with Crippen molar-refractivity contribution in [2.75, 3.05) is 0 Å². The normalized spacial score (nSPS) is 21.8. The van der Waals surface area contributed by atoms with Gasteiger partial charge in [-0.15, -0.1) is 6.58 Å². The SMILES string of the molecule is C=CCC1C(=O)CC=C1CCCC. The Morgan fingerprint density at radius 3 is 3.08 bits per heavy atom. The van der Waals surface area contributed by atoms with E-state index in [1.165, 1.54) is 18.4 Å². The number of unbranched alkanes of at least 4 members (excludes halogenated alkanes) is 1. The van der Waals surface area contributed by atoms with E-state index in [9.17, 15) is 4.79 Å². The molecule has 0 saturated heterocycles. The summed E-state index contributed by atoms with van der Waals surface area (Å²) in [5, 5.41) is 0. The summed E-state index contributed by atoms with van der Waals surface area (Å²) in [6.45, 7) is 5.87. The first-order valence-corrected chi connectivity index (χ1v) is 5.12. The molecule has 1 atom stereocenters. The second kappa shape index (κ2) is 5.00. The lowest BCUT2D eigenvalue weighted by Gasteiger charge is -2.10. The van der Waals surface area contributed by atoms with Crippen LogP contribution in [-0.4, -0.2) is 5.78 Å². The minimum absolute atomic E-state index is 0.170. The number of ketones is 1. The second-order valence-corrected chi connectivity index (χ2v) is 3.63. The molecule has 0 spiro atoms. The molecule has 0 N–H and O–H groups in total. The molecule has 0 aromatic carbocycles. The molecule has 72 valence electrons. The predicted octanol–water partition coefficient (Wildman–Crippen LogP) is 3.27. The molecule has 0 radical (unpaired) electrons. The molecule has 13 heavy (non-hydrogen) atoms. The van der Waals surface area contributed by atoms with E-state index >= 15 is 0 Å². The van der Waals surface area contributed by atoms with E-state index in [1.54, 1.807) is 0 Å². The van der Waals surface area contributed by atoms with Gasteiger partial charge in [0.05, 0.1) is 0 Å². The molecule has 0 fully saturated rings. The van der Waals surface area contributed by atoms with Gasteiger partial charge in [0.25, 0.3) is 0 Å². The van der Waals surface area contributed by atoms with Crippen LogP contribution in [0.5, 0.6) is 0 Å². The summed E-state index contributed by atoms with van der Waals surface area (Å²) in [6.07, 6.45) is 8.95. The number of Topliss-reactive ketones (excluding diaryl/α,β-unsaturated/α-hetero) is 1. The molecule has 0 saturated carbocycles. The van der Waals surface area contributed by atoms with Crippen LogP contribution in [0.2, 0.25) is 0 Å². The maximum absolute atomic E-state index is 11.4. The summed E-state index contributed by atoms with van der Waals surface area (Å²) in [5.41, 5.74) is 1.35. The fraction of sp³-hybridized carbons (Fsp3) is 0.583. The summed E-state index contributed by atoms with van der Waals surface area (Å²) >= 11 is 0. The summed E-state index contributed by atoms with van der Waals surface area (Å²) in [5.74, 6) is 0.551. The topological polar surface area (TPSA) is 17.1 Å². The van der Waals surface area contributed by atoms with Crippen LogP contribution in [0, 0.1) is 5.92 Å². The first-order chi connectivity index (χ1) is 6.29. The zero-order valence-corrected chi connectivity index (χ0v) is 8.38. The van der Waals surface area contributed by atoms with Crippen molar-refractivity contribution in [3.8, 4) is 0 Å². The number of carbonyl (C=O) groups is 1. The number of hydrogen-bond donors (Lipinski definition) is 0. The van der Waals surface area contributed by atoms with Crippen molar-refractivity contribution in [1.82, 2.24) is 0 Å². The highest BCUT2D eigenvalue weighted by molar-refractivity contribution is 5.88. The van der Waals surface area contributed by atoms with Crippen molar-refractivity contribution in [1.29, 1.82) is 0 Å². The lowest BCUT2D eigenvalue weighted by atomic mass is 9.93. The Hall–Kier alpha value is -0.850. The Morgan fingerprint density at radius 1 is 1.69 bits per heavy atom. The van der Waals surface area contributed by atoms with Crippen LogP contribution < -0.4 is 0 Å². The van der Waals surface area contributed by atoms with Gasteiger partial charge in [0, 0.05) is 12.3 Å². The quantitative estimate of drug-likeness (QED) is 0.590. The Morgan fingerprint density at radius 2 is 2.46 bits per heavy atom. The van der Waals surface area contributed by atoms with Gasteiger partial charge >= 0.3 is 0 Å². The molecule has 1 heteroatoms. The Balaban J connectivity index is 2.51. The van der Waals surface area contributed by atoms with E-state index in [2.05, 4.69) is 19.6 Å². The molecule has 0 amide bonds. The molecule has 0 aromatic heterocycles. The number of allylic oxidation sites excluding steroid dienone is 3. The van der Waals surface area contributed by atoms with Gasteiger partial charge < -0.3 is 0 Å². The van der Waals surface area contributed by atoms with E-state index in [1.807, 2.05) is 6.08 Å². The first kappa shape index (κ1) is 10.2. The second-order valence-electron chi connectivity index (χ2n) is 3.63. The summed E-state index contributed by atoms with van der Waals surface area (Å²) in [4.78, 5) is 11.4. The number of carbonyl (C=O) groups excluding carboxylic acids is 1. The molecular weight excluding hydrogens is 160 g/mol. The maximum atomic E-state index is 11.4. The van der Waals surface area contributed by atoms with Crippen molar-refractivity contribution >= 4 is 5.78 Å². The fourth-order valence-corrected chi connectivity index (χ4v) is 1.83. The molecule has 0 aliphatic heterocycles. The van der Waals surface area contributed by atoms with Gasteiger partial charge in [0.1, 0.15) is 5.78 Å². The molecule has 1 aliphatic carbocycles. The molecular formula is C12H18O. The maximum Gasteiger partial charge on any atom is 0.144 e. The van der Waals surface area contributed by atoms with Gasteiger partial charge in [0.15, 0.2) is 0 Å². The average Bonchev–Trinajstić information content (AvgIpc) is 2.46. The molecule has 1 unspecified atom stereocenters. The number of hydrogen-bond acceptors (Lipinski definition) is 1. The third kappa shape index (κ3) is 2.55. The zero-order chi connectivity index (χ0) is 9.68. The molecule has 0 bridgehead atoms. The smallest absolute Gasteiger partial charge is 0.144 e. The molecule has 0 heterocycles. The van der Waals surface area contributed by atoms with Crippen LogP contribution in [0.1, 0.15) is 39.0 Å². The zero-order valence-electron chi connectivity index (χ0n) is 8.38. The van der Waals surface area contributed by atoms with Gasteiger partial charge in [-0.2, -0.15) is 0 Å². The van der Waals surface area contributed by atoms with E-state index in [0.717, 1.165) is 12.8 Å². The Kier molecular flexibility index (Phi) is 3.94. The first-order valence-electron chi connectivity index (χ1n) is 5.12. The molecule has 1 rings (SSSR count). The van der Waals surface area contributed by atoms with Gasteiger partial charge in [-0.05, 0) is 19.3 Å². The third-order valence-electron chi connectivity index (χ3n) is 2.62. The Labute approximate surface area is 80.5 Å². The van der Waals surface area contributed by atoms with E-state index < -0.39 is 0 Å². The van der Waals surface area contributed by atoms with E-state index in [0.29, 0.717) is 12.2 Å². The van der Waals surface area contributed by atoms with Gasteiger partial charge in [0.2, 0.25) is 0 Å². The molecule has 0 aromatic rings. The van der Waals surface area contributed by atoms with Crippen LogP contribution in [0.25, 0.3) is 0 Å². The lowest BCUT2D eigenvalue weighted by Crippen LogP contribution is -2.09. The van der Waals surface area contributed by atoms with Crippen molar-refractivity contribution < 1.29 is 4.79 Å². The van der Waals surface area contributed by atoms with Crippen LogP contribution in [-0.2, 0) is 4.79 Å². The summed E-state index contributed by atoms with van der Waals surface area (Å²) < 4.78 is 0. The monoisotopic (exact) mass is 178 g/mol. The molecule has 1 nitrogen and oxygen atoms in total. The highest BCUT2D eigenvalue weighted by atomic mass is 16.1. The third-order valence-corrected chi connectivity index (χ3v) is 2.62. The van der Waals surface area contributed by atoms with Crippen LogP contribution in [0.15, 0.2) is 24.3 Å². The van der Waals surface area contributed by atoms with Gasteiger partial charge in [-0.1, -0.05) is 31.1 Å². The van der Waals surface area contributed by atoms with Gasteiger partial charge in [-0.25, -0.2) is 0 Å². The summed E-state index contributed by atoms with van der Waals surface area (Å²) in [6, 6.07) is 0. The minimum Gasteiger partial charge on any atom is -0.299 e. The van der Waals surface area contributed by atoms with Crippen molar-refractivity contribution in [3.05, 3.63) is 24.3 Å². The van der Waals surface area contributed by atoms with Crippen molar-refractivity contribution in [2.45, 2.75) is 39.0 Å². The fourth-order valence-electron chi connectivity index (χ4n) is 1.83. The summed E-state index contributed by atoms with van der Waals surface area (Å²) in [7, 11) is 0. The highest BCUT2D eigenvalue weighted by Gasteiger charge is 2.25. The lowest BCUT2D eigenvalue weighted by molar-refractivity contribution is -0.120. The van der Waals surface area contributed by atoms with Crippen LogP contribution in [0.4, 0.5) is 0 Å². The van der Waals surface area contributed by atoms with Crippen LogP contribution >= 0.6 is 0 Å². The highest BCUT2D eigenvalue weighted by Crippen LogP contribution is 2.29. The molecule has 1 aliphatic rings. The Bertz CT molecular complexity index is 225. The minimum atomic E-state index is 0.170. The van der Waals surface area contributed by atoms with Crippen LogP contribution in [0.3, 0.4) is 0 Å². The average molecular weight is 178 g/mol. The standard InChI is InChI=1S/C12H18O/c1-3-5-7-10-8-9-12(13)11(10)6-4-2/h4,8,11H,2-3,5-7,9H2,1H3. The number of rotatable bonds is 5. The largest absolute Gasteiger partial charge is 0.299 e. The predicted molar refractivity (Wildman–Crippen MR) is 55.5 cm³/mol. The van der Waals surface area contributed by atoms with Crippen molar-refractivity contribution in [3.63, 3.8) is 0 Å².